The van der Waals surface area contributed by atoms with Gasteiger partial charge in [0, 0.05) is 10.2 Å². The van der Waals surface area contributed by atoms with E-state index in [1.807, 2.05) is 19.1 Å². The summed E-state index contributed by atoms with van der Waals surface area (Å²) in [6.07, 6.45) is 0. The molecule has 0 fully saturated rings. The first-order valence-electron chi connectivity index (χ1n) is 6.38. The van der Waals surface area contributed by atoms with Crippen molar-refractivity contribution in [2.24, 2.45) is 0 Å². The Balaban J connectivity index is 2.23. The van der Waals surface area contributed by atoms with Gasteiger partial charge in [-0.15, -0.1) is 0 Å². The molecule has 0 aromatic heterocycles. The number of nitrogens with zero attached hydrogens (tertiary/aromatic N) is 1. The van der Waals surface area contributed by atoms with Crippen LogP contribution < -0.4 is 10.1 Å². The van der Waals surface area contributed by atoms with Crippen LogP contribution in [0.15, 0.2) is 46.9 Å². The zero-order chi connectivity index (χ0) is 15.2. The minimum absolute atomic E-state index is 0.260. The van der Waals surface area contributed by atoms with Crippen LogP contribution in [0.25, 0.3) is 0 Å². The number of rotatable bonds is 4. The molecule has 106 valence electrons. The molecule has 0 bridgehead atoms. The number of hydrogen-bond acceptors (Lipinski definition) is 3. The Bertz CT molecular complexity index is 690. The number of amides is 1. The molecule has 1 N–H and O–H groups in total. The molecule has 2 aromatic rings. The summed E-state index contributed by atoms with van der Waals surface area (Å²) in [7, 11) is 0. The summed E-state index contributed by atoms with van der Waals surface area (Å²) in [5.74, 6) is 0.274. The largest absolute Gasteiger partial charge is 0.493 e. The van der Waals surface area contributed by atoms with Gasteiger partial charge in [-0.3, -0.25) is 4.79 Å². The highest BCUT2D eigenvalue weighted by molar-refractivity contribution is 9.10. The van der Waals surface area contributed by atoms with E-state index in [0.29, 0.717) is 29.2 Å². The molecule has 0 unspecified atom stereocenters. The fourth-order valence-corrected chi connectivity index (χ4v) is 2.15. The first-order chi connectivity index (χ1) is 10.1. The van der Waals surface area contributed by atoms with Crippen LogP contribution in [0.2, 0.25) is 0 Å². The molecule has 5 heteroatoms. The molecule has 21 heavy (non-hydrogen) atoms. The van der Waals surface area contributed by atoms with Crippen molar-refractivity contribution in [1.82, 2.24) is 0 Å². The minimum atomic E-state index is -0.260. The molecule has 1 amide bonds. The summed E-state index contributed by atoms with van der Waals surface area (Å²) in [4.78, 5) is 12.3. The number of carbonyl (C=O) groups excluding carboxylic acids is 1. The van der Waals surface area contributed by atoms with Crippen LogP contribution in [-0.2, 0) is 0 Å². The highest BCUT2D eigenvalue weighted by Crippen LogP contribution is 2.24. The van der Waals surface area contributed by atoms with Gasteiger partial charge in [0.25, 0.3) is 5.91 Å². The Morgan fingerprint density at radius 1 is 1.29 bits per heavy atom. The fraction of sp³-hybridized carbons (Fsp3) is 0.125. The molecular formula is C16H13BrN2O2. The Hall–Kier alpha value is -2.32. The van der Waals surface area contributed by atoms with E-state index < -0.39 is 0 Å². The predicted molar refractivity (Wildman–Crippen MR) is 84.4 cm³/mol. The normalized spacial score (nSPS) is 9.76. The third-order valence-electron chi connectivity index (χ3n) is 2.76. The quantitative estimate of drug-likeness (QED) is 0.912. The van der Waals surface area contributed by atoms with E-state index in [1.54, 1.807) is 36.4 Å². The van der Waals surface area contributed by atoms with E-state index in [1.165, 1.54) is 0 Å². The summed E-state index contributed by atoms with van der Waals surface area (Å²) in [6.45, 7) is 2.35. The van der Waals surface area contributed by atoms with Crippen molar-refractivity contribution in [1.29, 1.82) is 5.26 Å². The van der Waals surface area contributed by atoms with E-state index >= 15 is 0 Å². The lowest BCUT2D eigenvalue weighted by molar-refractivity contribution is 0.102. The first-order valence-corrected chi connectivity index (χ1v) is 7.17. The molecule has 0 radical (unpaired) electrons. The molecular weight excluding hydrogens is 332 g/mol. The predicted octanol–water partition coefficient (Wildman–Crippen LogP) is 3.97. The average Bonchev–Trinajstić information content (AvgIpc) is 2.50. The van der Waals surface area contributed by atoms with Crippen molar-refractivity contribution in [3.63, 3.8) is 0 Å². The van der Waals surface area contributed by atoms with Gasteiger partial charge in [-0.25, -0.2) is 0 Å². The van der Waals surface area contributed by atoms with Crippen molar-refractivity contribution in [2.45, 2.75) is 6.92 Å². The zero-order valence-corrected chi connectivity index (χ0v) is 13.0. The lowest BCUT2D eigenvalue weighted by atomic mass is 10.1. The second-order valence-corrected chi connectivity index (χ2v) is 5.13. The van der Waals surface area contributed by atoms with Gasteiger partial charge in [0.1, 0.15) is 5.75 Å². The lowest BCUT2D eigenvalue weighted by Crippen LogP contribution is -2.13. The van der Waals surface area contributed by atoms with Gasteiger partial charge in [-0.1, -0.05) is 15.9 Å². The molecule has 0 saturated heterocycles. The molecule has 4 nitrogen and oxygen atoms in total. The SMILES string of the molecule is CCOc1ccc(Br)cc1C(=O)Nc1ccc(C#N)cc1. The molecule has 0 aliphatic rings. The molecule has 0 atom stereocenters. The van der Waals surface area contributed by atoms with E-state index in [-0.39, 0.29) is 5.91 Å². The van der Waals surface area contributed by atoms with E-state index in [4.69, 9.17) is 10.00 Å². The number of anilines is 1. The fourth-order valence-electron chi connectivity index (χ4n) is 1.79. The van der Waals surface area contributed by atoms with Gasteiger partial charge in [0.15, 0.2) is 0 Å². The Morgan fingerprint density at radius 2 is 2.00 bits per heavy atom. The van der Waals surface area contributed by atoms with Gasteiger partial charge in [-0.2, -0.15) is 5.26 Å². The highest BCUT2D eigenvalue weighted by atomic mass is 79.9. The number of nitrogens with one attached hydrogen (secondary N) is 1. The zero-order valence-electron chi connectivity index (χ0n) is 11.4. The van der Waals surface area contributed by atoms with Gasteiger partial charge >= 0.3 is 0 Å². The minimum Gasteiger partial charge on any atom is -0.493 e. The lowest BCUT2D eigenvalue weighted by Gasteiger charge is -2.11. The van der Waals surface area contributed by atoms with Crippen molar-refractivity contribution in [2.75, 3.05) is 11.9 Å². The maximum absolute atomic E-state index is 12.3. The van der Waals surface area contributed by atoms with Crippen LogP contribution in [0.5, 0.6) is 5.75 Å². The van der Waals surface area contributed by atoms with Crippen LogP contribution in [0, 0.1) is 11.3 Å². The number of ether oxygens (including phenoxy) is 1. The monoisotopic (exact) mass is 344 g/mol. The van der Waals surface area contributed by atoms with Gasteiger partial charge in [0.05, 0.1) is 23.8 Å². The molecule has 0 aliphatic carbocycles. The van der Waals surface area contributed by atoms with Crippen molar-refractivity contribution < 1.29 is 9.53 Å². The van der Waals surface area contributed by atoms with E-state index in [9.17, 15) is 4.79 Å². The summed E-state index contributed by atoms with van der Waals surface area (Å²) >= 11 is 3.35. The molecule has 0 heterocycles. The van der Waals surface area contributed by atoms with Crippen LogP contribution in [0.1, 0.15) is 22.8 Å². The highest BCUT2D eigenvalue weighted by Gasteiger charge is 2.13. The standard InChI is InChI=1S/C16H13BrN2O2/c1-2-21-15-8-5-12(17)9-14(15)16(20)19-13-6-3-11(10-18)4-7-13/h3-9H,2H2,1H3,(H,19,20). The number of nitriles is 1. The number of benzene rings is 2. The van der Waals surface area contributed by atoms with E-state index in [2.05, 4.69) is 21.2 Å². The van der Waals surface area contributed by atoms with Crippen LogP contribution in [-0.4, -0.2) is 12.5 Å². The van der Waals surface area contributed by atoms with Crippen molar-refractivity contribution in [3.8, 4) is 11.8 Å². The Labute approximate surface area is 131 Å². The maximum Gasteiger partial charge on any atom is 0.259 e. The van der Waals surface area contributed by atoms with Gasteiger partial charge in [0.2, 0.25) is 0 Å². The second-order valence-electron chi connectivity index (χ2n) is 4.22. The molecule has 2 rings (SSSR count). The average molecular weight is 345 g/mol. The summed E-state index contributed by atoms with van der Waals surface area (Å²) in [6, 6.07) is 14.0. The summed E-state index contributed by atoms with van der Waals surface area (Å²) in [5, 5.41) is 11.5. The van der Waals surface area contributed by atoms with E-state index in [0.717, 1.165) is 4.47 Å². The smallest absolute Gasteiger partial charge is 0.259 e. The Kier molecular flexibility index (Phi) is 4.96. The summed E-state index contributed by atoms with van der Waals surface area (Å²) < 4.78 is 6.26. The van der Waals surface area contributed by atoms with Crippen molar-refractivity contribution in [3.05, 3.63) is 58.1 Å². The molecule has 0 aliphatic heterocycles. The van der Waals surface area contributed by atoms with Crippen molar-refractivity contribution >= 4 is 27.5 Å². The third-order valence-corrected chi connectivity index (χ3v) is 3.25. The number of hydrogen-bond donors (Lipinski definition) is 1. The molecule has 0 saturated carbocycles. The Morgan fingerprint density at radius 3 is 2.62 bits per heavy atom. The number of carbonyl (C=O) groups is 1. The maximum atomic E-state index is 12.3. The van der Waals surface area contributed by atoms with Crippen LogP contribution in [0.3, 0.4) is 0 Å². The second kappa shape index (κ2) is 6.91. The van der Waals surface area contributed by atoms with Gasteiger partial charge in [-0.05, 0) is 49.4 Å². The van der Waals surface area contributed by atoms with Gasteiger partial charge < -0.3 is 10.1 Å². The van der Waals surface area contributed by atoms with Crippen LogP contribution in [0.4, 0.5) is 5.69 Å². The summed E-state index contributed by atoms with van der Waals surface area (Å²) in [5.41, 5.74) is 1.63. The van der Waals surface area contributed by atoms with Crippen LogP contribution >= 0.6 is 15.9 Å². The molecule has 2 aromatic carbocycles. The topological polar surface area (TPSA) is 62.1 Å². The first kappa shape index (κ1) is 15.1. The number of halogens is 1. The third kappa shape index (κ3) is 3.83. The molecule has 0 spiro atoms.